The van der Waals surface area contributed by atoms with Gasteiger partial charge in [0, 0.05) is 13.1 Å². The molecule has 0 amide bonds. The highest BCUT2D eigenvalue weighted by Crippen LogP contribution is 1.74. The molecule has 0 bridgehead atoms. The zero-order valence-corrected chi connectivity index (χ0v) is 7.36. The second-order valence-corrected chi connectivity index (χ2v) is 3.90. The minimum absolute atomic E-state index is 0.304. The van der Waals surface area contributed by atoms with Crippen LogP contribution in [-0.2, 0) is 14.8 Å². The molecule has 0 aromatic heterocycles. The maximum atomic E-state index is 10.5. The molecule has 6 heteroatoms. The summed E-state index contributed by atoms with van der Waals surface area (Å²) in [5, 5.41) is 0. The van der Waals surface area contributed by atoms with Gasteiger partial charge < -0.3 is 10.5 Å². The van der Waals surface area contributed by atoms with E-state index in [9.17, 15) is 8.42 Å². The van der Waals surface area contributed by atoms with Crippen molar-refractivity contribution in [3.05, 3.63) is 0 Å². The lowest BCUT2D eigenvalue weighted by molar-refractivity contribution is 0.147. The van der Waals surface area contributed by atoms with Gasteiger partial charge in [-0.15, -0.1) is 0 Å². The predicted molar refractivity (Wildman–Crippen MR) is 42.7 cm³/mol. The summed E-state index contributed by atoms with van der Waals surface area (Å²) in [7, 11) is -3.07. The van der Waals surface area contributed by atoms with E-state index in [0.29, 0.717) is 26.3 Å². The van der Waals surface area contributed by atoms with Crippen LogP contribution in [0.5, 0.6) is 0 Å². The highest BCUT2D eigenvalue weighted by molar-refractivity contribution is 7.88. The van der Waals surface area contributed by atoms with Gasteiger partial charge in [0.25, 0.3) is 0 Å². The molecule has 0 saturated heterocycles. The summed E-state index contributed by atoms with van der Waals surface area (Å²) < 4.78 is 28.2. The summed E-state index contributed by atoms with van der Waals surface area (Å²) in [6.07, 6.45) is 1.11. The normalized spacial score (nSPS) is 11.8. The Balaban J connectivity index is 3.16. The van der Waals surface area contributed by atoms with Gasteiger partial charge in [-0.25, -0.2) is 13.1 Å². The Hall–Kier alpha value is -0.170. The van der Waals surface area contributed by atoms with Gasteiger partial charge in [-0.1, -0.05) is 0 Å². The summed E-state index contributed by atoms with van der Waals surface area (Å²) in [6, 6.07) is 0. The Morgan fingerprint density at radius 1 is 1.45 bits per heavy atom. The second kappa shape index (κ2) is 5.48. The van der Waals surface area contributed by atoms with Crippen LogP contribution < -0.4 is 10.5 Å². The van der Waals surface area contributed by atoms with E-state index in [4.69, 9.17) is 10.5 Å². The molecular weight excluding hydrogens is 168 g/mol. The second-order valence-electron chi connectivity index (χ2n) is 2.07. The highest BCUT2D eigenvalue weighted by Gasteiger charge is 1.97. The van der Waals surface area contributed by atoms with Crippen molar-refractivity contribution in [2.45, 2.75) is 0 Å². The van der Waals surface area contributed by atoms with Crippen LogP contribution in [-0.4, -0.2) is 41.0 Å². The maximum Gasteiger partial charge on any atom is 0.208 e. The molecule has 0 radical (unpaired) electrons. The van der Waals surface area contributed by atoms with Crippen LogP contribution in [0.1, 0.15) is 0 Å². The lowest BCUT2D eigenvalue weighted by atomic mass is 10.7. The molecule has 0 spiro atoms. The van der Waals surface area contributed by atoms with Gasteiger partial charge in [-0.05, 0) is 0 Å². The molecule has 0 aromatic rings. The van der Waals surface area contributed by atoms with Crippen molar-refractivity contribution >= 4 is 10.0 Å². The Kier molecular flexibility index (Phi) is 5.39. The van der Waals surface area contributed by atoms with E-state index >= 15 is 0 Å². The minimum Gasteiger partial charge on any atom is -0.379 e. The number of hydrogen-bond acceptors (Lipinski definition) is 4. The lowest BCUT2D eigenvalue weighted by Gasteiger charge is -2.02. The molecule has 0 fully saturated rings. The first-order chi connectivity index (χ1) is 5.06. The van der Waals surface area contributed by atoms with E-state index in [1.165, 1.54) is 0 Å². The van der Waals surface area contributed by atoms with E-state index in [0.717, 1.165) is 6.26 Å². The van der Waals surface area contributed by atoms with Crippen LogP contribution in [0.3, 0.4) is 0 Å². The molecule has 0 aromatic carbocycles. The zero-order chi connectivity index (χ0) is 8.74. The molecule has 0 aliphatic carbocycles. The van der Waals surface area contributed by atoms with Gasteiger partial charge in [0.05, 0.1) is 19.5 Å². The Bertz CT molecular complexity index is 178. The number of rotatable bonds is 6. The summed E-state index contributed by atoms with van der Waals surface area (Å²) in [4.78, 5) is 0. The molecule has 3 N–H and O–H groups in total. The molecule has 5 nitrogen and oxygen atoms in total. The number of nitrogens with one attached hydrogen (secondary N) is 1. The van der Waals surface area contributed by atoms with Crippen molar-refractivity contribution in [3.8, 4) is 0 Å². The van der Waals surface area contributed by atoms with Crippen LogP contribution in [0.15, 0.2) is 0 Å². The molecule has 0 heterocycles. The molecule has 0 unspecified atom stereocenters. The molecule has 68 valence electrons. The van der Waals surface area contributed by atoms with Crippen molar-refractivity contribution in [1.82, 2.24) is 4.72 Å². The SMILES string of the molecule is CS(=O)(=O)NCCOCCN. The van der Waals surface area contributed by atoms with Crippen LogP contribution in [0.25, 0.3) is 0 Å². The van der Waals surface area contributed by atoms with Gasteiger partial charge in [0.1, 0.15) is 0 Å². The third kappa shape index (κ3) is 9.83. The van der Waals surface area contributed by atoms with Gasteiger partial charge in [-0.2, -0.15) is 0 Å². The van der Waals surface area contributed by atoms with Crippen molar-refractivity contribution in [1.29, 1.82) is 0 Å². The van der Waals surface area contributed by atoms with Gasteiger partial charge in [0.15, 0.2) is 0 Å². The molecule has 0 aliphatic rings. The fraction of sp³-hybridized carbons (Fsp3) is 1.00. The Morgan fingerprint density at radius 2 is 2.09 bits per heavy atom. The molecule has 0 aliphatic heterocycles. The Labute approximate surface area is 67.0 Å². The number of nitrogens with two attached hydrogens (primary N) is 1. The van der Waals surface area contributed by atoms with Crippen molar-refractivity contribution in [3.63, 3.8) is 0 Å². The van der Waals surface area contributed by atoms with E-state index < -0.39 is 10.0 Å². The predicted octanol–water partition coefficient (Wildman–Crippen LogP) is -1.49. The molecule has 0 atom stereocenters. The summed E-state index contributed by atoms with van der Waals surface area (Å²) in [5.41, 5.74) is 5.13. The van der Waals surface area contributed by atoms with Gasteiger partial charge in [0.2, 0.25) is 10.0 Å². The maximum absolute atomic E-state index is 10.5. The standard InChI is InChI=1S/C5H14N2O3S/c1-11(8,9)7-3-5-10-4-2-6/h7H,2-6H2,1H3. The first-order valence-corrected chi connectivity index (χ1v) is 5.18. The topological polar surface area (TPSA) is 81.4 Å². The first-order valence-electron chi connectivity index (χ1n) is 3.28. The van der Waals surface area contributed by atoms with E-state index in [2.05, 4.69) is 4.72 Å². The van der Waals surface area contributed by atoms with Crippen LogP contribution in [0.2, 0.25) is 0 Å². The average molecular weight is 182 g/mol. The first kappa shape index (κ1) is 10.8. The molecular formula is C5H14N2O3S. The van der Waals surface area contributed by atoms with E-state index in [-0.39, 0.29) is 0 Å². The van der Waals surface area contributed by atoms with Crippen molar-refractivity contribution < 1.29 is 13.2 Å². The van der Waals surface area contributed by atoms with Crippen molar-refractivity contribution in [2.75, 3.05) is 32.6 Å². The van der Waals surface area contributed by atoms with Gasteiger partial charge in [-0.3, -0.25) is 0 Å². The zero-order valence-electron chi connectivity index (χ0n) is 6.54. The van der Waals surface area contributed by atoms with Crippen LogP contribution >= 0.6 is 0 Å². The number of sulfonamides is 1. The average Bonchev–Trinajstić information content (AvgIpc) is 1.85. The summed E-state index contributed by atoms with van der Waals surface area (Å²) in [5.74, 6) is 0. The summed E-state index contributed by atoms with van der Waals surface area (Å²) in [6.45, 7) is 1.59. The van der Waals surface area contributed by atoms with Crippen LogP contribution in [0.4, 0.5) is 0 Å². The Morgan fingerprint density at radius 3 is 2.55 bits per heavy atom. The third-order valence-corrected chi connectivity index (χ3v) is 1.60. The third-order valence-electron chi connectivity index (χ3n) is 0.873. The number of hydrogen-bond donors (Lipinski definition) is 2. The quantitative estimate of drug-likeness (QED) is 0.490. The molecule has 0 rings (SSSR count). The summed E-state index contributed by atoms with van der Waals surface area (Å²) >= 11 is 0. The largest absolute Gasteiger partial charge is 0.379 e. The van der Waals surface area contributed by atoms with Gasteiger partial charge >= 0.3 is 0 Å². The fourth-order valence-electron chi connectivity index (χ4n) is 0.485. The van der Waals surface area contributed by atoms with Crippen LogP contribution in [0, 0.1) is 0 Å². The fourth-order valence-corrected chi connectivity index (χ4v) is 0.939. The lowest BCUT2D eigenvalue weighted by Crippen LogP contribution is -2.26. The molecule has 0 saturated carbocycles. The van der Waals surface area contributed by atoms with E-state index in [1.807, 2.05) is 0 Å². The smallest absolute Gasteiger partial charge is 0.208 e. The van der Waals surface area contributed by atoms with Crippen molar-refractivity contribution in [2.24, 2.45) is 5.73 Å². The number of ether oxygens (including phenoxy) is 1. The monoisotopic (exact) mass is 182 g/mol. The highest BCUT2D eigenvalue weighted by atomic mass is 32.2. The minimum atomic E-state index is -3.07. The van der Waals surface area contributed by atoms with E-state index in [1.54, 1.807) is 0 Å². The molecule has 11 heavy (non-hydrogen) atoms.